The monoisotopic (exact) mass is 371 g/mol. The second kappa shape index (κ2) is 8.37. The van der Waals surface area contributed by atoms with Gasteiger partial charge in [-0.1, -0.05) is 17.4 Å². The van der Waals surface area contributed by atoms with Crippen molar-refractivity contribution in [1.29, 1.82) is 0 Å². The normalized spacial score (nSPS) is 10.4. The minimum atomic E-state index is -0.674. The molecule has 9 heteroatoms. The van der Waals surface area contributed by atoms with Gasteiger partial charge in [-0.25, -0.2) is 14.8 Å². The van der Waals surface area contributed by atoms with Gasteiger partial charge < -0.3 is 14.8 Å². The molecule has 2 N–H and O–H groups in total. The van der Waals surface area contributed by atoms with Crippen molar-refractivity contribution in [2.75, 3.05) is 17.7 Å². The molecule has 26 heavy (non-hydrogen) atoms. The quantitative estimate of drug-likeness (QED) is 0.681. The number of carbonyl (C=O) groups excluding carboxylic acids is 1. The van der Waals surface area contributed by atoms with Crippen molar-refractivity contribution in [2.24, 2.45) is 0 Å². The molecule has 0 fully saturated rings. The second-order valence-electron chi connectivity index (χ2n) is 5.22. The van der Waals surface area contributed by atoms with Crippen LogP contribution in [0.5, 0.6) is 5.88 Å². The third-order valence-corrected chi connectivity index (χ3v) is 4.06. The number of methoxy groups -OCH3 is 1. The van der Waals surface area contributed by atoms with E-state index >= 15 is 0 Å². The summed E-state index contributed by atoms with van der Waals surface area (Å²) in [4.78, 5) is 24.7. The van der Waals surface area contributed by atoms with Crippen molar-refractivity contribution in [2.45, 2.75) is 13.5 Å². The first-order valence-corrected chi connectivity index (χ1v) is 8.54. The van der Waals surface area contributed by atoms with E-state index in [1.807, 2.05) is 19.1 Å². The maximum absolute atomic E-state index is 12.2. The molecule has 0 spiro atoms. The molecule has 0 radical (unpaired) electrons. The lowest BCUT2D eigenvalue weighted by atomic mass is 10.4. The van der Waals surface area contributed by atoms with Crippen LogP contribution in [0.2, 0.25) is 0 Å². The molecule has 0 aliphatic heterocycles. The number of thiazole rings is 1. The number of amides is 1. The van der Waals surface area contributed by atoms with Crippen LogP contribution in [0.25, 0.3) is 0 Å². The minimum Gasteiger partial charge on any atom is -0.388 e. The van der Waals surface area contributed by atoms with Crippen LogP contribution >= 0.6 is 11.3 Å². The van der Waals surface area contributed by atoms with Crippen LogP contribution in [0.15, 0.2) is 42.7 Å². The number of ether oxygens (including phenoxy) is 2. The Bertz CT molecular complexity index is 885. The fourth-order valence-corrected chi connectivity index (χ4v) is 2.96. The molecule has 0 bridgehead atoms. The van der Waals surface area contributed by atoms with E-state index in [1.165, 1.54) is 11.3 Å². The molecule has 3 aromatic rings. The number of rotatable bonds is 6. The summed E-state index contributed by atoms with van der Waals surface area (Å²) in [6.07, 6.45) is 2.66. The van der Waals surface area contributed by atoms with Gasteiger partial charge in [-0.3, -0.25) is 10.3 Å². The zero-order valence-corrected chi connectivity index (χ0v) is 15.0. The summed E-state index contributed by atoms with van der Waals surface area (Å²) in [7, 11) is 1.58. The summed E-state index contributed by atoms with van der Waals surface area (Å²) in [5, 5.41) is 6.99. The molecule has 0 saturated carbocycles. The van der Waals surface area contributed by atoms with E-state index in [1.54, 1.807) is 37.7 Å². The van der Waals surface area contributed by atoms with Crippen LogP contribution in [0.1, 0.15) is 10.7 Å². The molecule has 0 aromatic carbocycles. The largest absolute Gasteiger partial charge is 0.419 e. The topological polar surface area (TPSA) is 98.3 Å². The Hall–Kier alpha value is -3.04. The first kappa shape index (κ1) is 17.8. The third-order valence-electron chi connectivity index (χ3n) is 3.14. The van der Waals surface area contributed by atoms with Crippen LogP contribution in [-0.2, 0) is 11.3 Å². The van der Waals surface area contributed by atoms with E-state index in [0.717, 1.165) is 11.4 Å². The van der Waals surface area contributed by atoms with E-state index in [2.05, 4.69) is 25.6 Å². The number of pyridine rings is 2. The van der Waals surface area contributed by atoms with Gasteiger partial charge in [0.1, 0.15) is 10.8 Å². The molecule has 0 saturated heterocycles. The van der Waals surface area contributed by atoms with E-state index in [9.17, 15) is 4.79 Å². The molecule has 3 aromatic heterocycles. The first-order chi connectivity index (χ1) is 12.6. The highest BCUT2D eigenvalue weighted by atomic mass is 32.1. The van der Waals surface area contributed by atoms with Crippen LogP contribution in [0.4, 0.5) is 21.3 Å². The van der Waals surface area contributed by atoms with E-state index in [4.69, 9.17) is 9.47 Å². The van der Waals surface area contributed by atoms with Crippen LogP contribution in [0.3, 0.4) is 0 Å². The third kappa shape index (κ3) is 4.74. The highest BCUT2D eigenvalue weighted by Crippen LogP contribution is 2.34. The lowest BCUT2D eigenvalue weighted by Gasteiger charge is -2.07. The number of aryl methyl sites for hydroxylation is 1. The number of nitrogens with zero attached hydrogens (tertiary/aromatic N) is 3. The molecular formula is C17H17N5O3S. The first-order valence-electron chi connectivity index (χ1n) is 7.72. The Morgan fingerprint density at radius 1 is 1.23 bits per heavy atom. The average Bonchev–Trinajstić information content (AvgIpc) is 2.97. The van der Waals surface area contributed by atoms with E-state index < -0.39 is 6.09 Å². The number of aromatic nitrogens is 3. The van der Waals surface area contributed by atoms with Crippen molar-refractivity contribution in [3.63, 3.8) is 0 Å². The molecule has 0 unspecified atom stereocenters. The minimum absolute atomic E-state index is 0.163. The van der Waals surface area contributed by atoms with Gasteiger partial charge >= 0.3 is 6.09 Å². The van der Waals surface area contributed by atoms with E-state index in [0.29, 0.717) is 22.4 Å². The van der Waals surface area contributed by atoms with Crippen LogP contribution < -0.4 is 15.4 Å². The van der Waals surface area contributed by atoms with Crippen molar-refractivity contribution >= 4 is 33.9 Å². The molecule has 0 atom stereocenters. The predicted octanol–water partition coefficient (Wildman–Crippen LogP) is 3.74. The van der Waals surface area contributed by atoms with Gasteiger partial charge in [0.05, 0.1) is 18.5 Å². The lowest BCUT2D eigenvalue weighted by Crippen LogP contribution is -2.18. The van der Waals surface area contributed by atoms with Crippen molar-refractivity contribution in [3.05, 3.63) is 53.4 Å². The van der Waals surface area contributed by atoms with Crippen LogP contribution in [-0.4, -0.2) is 28.2 Å². The summed E-state index contributed by atoms with van der Waals surface area (Å²) < 4.78 is 10.5. The highest BCUT2D eigenvalue weighted by molar-refractivity contribution is 7.16. The Labute approximate surface area is 154 Å². The SMILES string of the molecule is COCc1nc(OC(=O)Nc2cccc(C)n2)c(Nc2cccnc2)s1. The number of anilines is 3. The summed E-state index contributed by atoms with van der Waals surface area (Å²) in [6.45, 7) is 2.15. The predicted molar refractivity (Wildman–Crippen MR) is 99.0 cm³/mol. The molecule has 8 nitrogen and oxygen atoms in total. The lowest BCUT2D eigenvalue weighted by molar-refractivity contribution is 0.183. The zero-order chi connectivity index (χ0) is 18.4. The Morgan fingerprint density at radius 2 is 2.12 bits per heavy atom. The van der Waals surface area contributed by atoms with Gasteiger partial charge in [-0.15, -0.1) is 0 Å². The van der Waals surface area contributed by atoms with Gasteiger partial charge in [0.25, 0.3) is 5.88 Å². The number of hydrogen-bond acceptors (Lipinski definition) is 8. The average molecular weight is 371 g/mol. The van der Waals surface area contributed by atoms with Gasteiger partial charge in [0, 0.05) is 19.0 Å². The maximum atomic E-state index is 12.2. The van der Waals surface area contributed by atoms with Gasteiger partial charge in [0.15, 0.2) is 5.00 Å². The van der Waals surface area contributed by atoms with Gasteiger partial charge in [-0.2, -0.15) is 0 Å². The molecule has 1 amide bonds. The van der Waals surface area contributed by atoms with Gasteiger partial charge in [0.2, 0.25) is 0 Å². The van der Waals surface area contributed by atoms with Crippen molar-refractivity contribution in [1.82, 2.24) is 15.0 Å². The highest BCUT2D eigenvalue weighted by Gasteiger charge is 2.17. The van der Waals surface area contributed by atoms with Crippen LogP contribution in [0, 0.1) is 6.92 Å². The molecular weight excluding hydrogens is 354 g/mol. The number of hydrogen-bond donors (Lipinski definition) is 2. The standard InChI is InChI=1S/C17H17N5O3S/c1-11-5-3-7-13(19-11)21-17(23)25-15-16(26-14(22-15)10-24-2)20-12-6-4-8-18-9-12/h3-9,20H,10H2,1-2H3,(H,19,21,23). The molecule has 3 rings (SSSR count). The van der Waals surface area contributed by atoms with Crippen molar-refractivity contribution < 1.29 is 14.3 Å². The van der Waals surface area contributed by atoms with Gasteiger partial charge in [-0.05, 0) is 31.2 Å². The number of nitrogens with one attached hydrogen (secondary N) is 2. The Kier molecular flexibility index (Phi) is 5.72. The van der Waals surface area contributed by atoms with E-state index in [-0.39, 0.29) is 5.88 Å². The summed E-state index contributed by atoms with van der Waals surface area (Å²) in [5.74, 6) is 0.570. The fourth-order valence-electron chi connectivity index (χ4n) is 2.08. The molecule has 134 valence electrons. The smallest absolute Gasteiger partial charge is 0.388 e. The second-order valence-corrected chi connectivity index (χ2v) is 6.30. The summed E-state index contributed by atoms with van der Waals surface area (Å²) >= 11 is 1.33. The molecule has 3 heterocycles. The maximum Gasteiger partial charge on any atom is 0.419 e. The summed E-state index contributed by atoms with van der Waals surface area (Å²) in [5.41, 5.74) is 1.54. The zero-order valence-electron chi connectivity index (χ0n) is 14.2. The molecule has 0 aliphatic carbocycles. The Morgan fingerprint density at radius 3 is 2.85 bits per heavy atom. The summed E-state index contributed by atoms with van der Waals surface area (Å²) in [6, 6.07) is 8.97. The van der Waals surface area contributed by atoms with Crippen molar-refractivity contribution in [3.8, 4) is 5.88 Å². The Balaban J connectivity index is 1.75. The fraction of sp³-hybridized carbons (Fsp3) is 0.176. The molecule has 0 aliphatic rings. The number of carbonyl (C=O) groups is 1.